The summed E-state index contributed by atoms with van der Waals surface area (Å²) in [5.74, 6) is 1.96. The van der Waals surface area contributed by atoms with Crippen LogP contribution in [0.3, 0.4) is 0 Å². The molecule has 3 aromatic heterocycles. The minimum Gasteiger partial charge on any atom is -0.500 e. The summed E-state index contributed by atoms with van der Waals surface area (Å²) in [7, 11) is 0. The molecule has 0 atom stereocenters. The van der Waals surface area contributed by atoms with E-state index < -0.39 is 18.6 Å². The Morgan fingerprint density at radius 3 is 2.15 bits per heavy atom. The Labute approximate surface area is 379 Å². The summed E-state index contributed by atoms with van der Waals surface area (Å²) in [5, 5.41) is 6.04. The van der Waals surface area contributed by atoms with Crippen molar-refractivity contribution >= 4 is 54.5 Å². The van der Waals surface area contributed by atoms with Crippen LogP contribution >= 0.6 is 0 Å². The Hall–Kier alpha value is -5.94. The molecule has 0 N–H and O–H groups in total. The maximum absolute atomic E-state index is 8.81. The van der Waals surface area contributed by atoms with Gasteiger partial charge in [-0.15, -0.1) is 54.1 Å². The van der Waals surface area contributed by atoms with Gasteiger partial charge in [-0.1, -0.05) is 138 Å². The van der Waals surface area contributed by atoms with Crippen molar-refractivity contribution in [3.05, 3.63) is 168 Å². The van der Waals surface area contributed by atoms with Gasteiger partial charge in [-0.2, -0.15) is 0 Å². The van der Waals surface area contributed by atoms with Crippen molar-refractivity contribution < 1.29 is 31.4 Å². The van der Waals surface area contributed by atoms with E-state index in [0.29, 0.717) is 23.0 Å². The van der Waals surface area contributed by atoms with Crippen LogP contribution < -0.4 is 0 Å². The molecule has 6 heteroatoms. The topological polar surface area (TPSA) is 56.7 Å². The number of hydrogen-bond acceptors (Lipinski definition) is 4. The molecule has 0 aliphatic rings. The second-order valence-corrected chi connectivity index (χ2v) is 17.0. The molecular formula is C55H50IrN4O-2. The molecule has 10 aromatic rings. The molecule has 5 nitrogen and oxygen atoms in total. The Balaban J connectivity index is 0.000000187. The zero-order valence-electron chi connectivity index (χ0n) is 40.4. The number of rotatable bonds is 6. The van der Waals surface area contributed by atoms with Crippen LogP contribution in [0.4, 0.5) is 0 Å². The first-order valence-electron chi connectivity index (χ1n) is 23.1. The predicted molar refractivity (Wildman–Crippen MR) is 250 cm³/mol. The fraction of sp³-hybridized carbons (Fsp3) is 0.218. The third-order valence-electron chi connectivity index (χ3n) is 10.9. The molecule has 10 rings (SSSR count). The van der Waals surface area contributed by atoms with E-state index in [0.717, 1.165) is 60.3 Å². The number of hydrogen-bond donors (Lipinski definition) is 0. The molecule has 0 amide bonds. The third-order valence-corrected chi connectivity index (χ3v) is 10.9. The van der Waals surface area contributed by atoms with Gasteiger partial charge < -0.3 is 8.98 Å². The van der Waals surface area contributed by atoms with Crippen molar-refractivity contribution in [3.63, 3.8) is 0 Å². The van der Waals surface area contributed by atoms with Crippen LogP contribution in [0.25, 0.3) is 83.0 Å². The summed E-state index contributed by atoms with van der Waals surface area (Å²) in [4.78, 5) is 13.9. The molecule has 0 fully saturated rings. The molecule has 0 bridgehead atoms. The molecule has 0 saturated heterocycles. The number of para-hydroxylation sites is 3. The van der Waals surface area contributed by atoms with Crippen molar-refractivity contribution in [2.45, 2.75) is 73.5 Å². The minimum atomic E-state index is -2.57. The van der Waals surface area contributed by atoms with Crippen LogP contribution in [0.1, 0.15) is 89.5 Å². The van der Waals surface area contributed by atoms with E-state index in [-0.39, 0.29) is 37.2 Å². The molecule has 0 unspecified atom stereocenters. The number of imidazole rings is 1. The van der Waals surface area contributed by atoms with E-state index in [1.165, 1.54) is 23.0 Å². The van der Waals surface area contributed by atoms with Gasteiger partial charge in [0, 0.05) is 55.3 Å². The molecule has 0 aliphatic carbocycles. The monoisotopic (exact) mass is 980 g/mol. The van der Waals surface area contributed by atoms with Crippen molar-refractivity contribution in [3.8, 4) is 28.5 Å². The summed E-state index contributed by atoms with van der Waals surface area (Å²) in [5.41, 5.74) is 7.59. The normalized spacial score (nSPS) is 13.5. The zero-order valence-corrected chi connectivity index (χ0v) is 37.8. The van der Waals surface area contributed by atoms with E-state index in [2.05, 4.69) is 133 Å². The number of benzene rings is 7. The van der Waals surface area contributed by atoms with Crippen LogP contribution in [0.5, 0.6) is 0 Å². The Morgan fingerprint density at radius 1 is 0.705 bits per heavy atom. The van der Waals surface area contributed by atoms with Crippen LogP contribution in [0.2, 0.25) is 0 Å². The van der Waals surface area contributed by atoms with E-state index in [4.69, 9.17) is 16.3 Å². The molecule has 7 aromatic carbocycles. The maximum atomic E-state index is 8.81. The second-order valence-electron chi connectivity index (χ2n) is 17.0. The minimum absolute atomic E-state index is 0. The van der Waals surface area contributed by atoms with Gasteiger partial charge in [-0.3, -0.25) is 15.0 Å². The summed E-state index contributed by atoms with van der Waals surface area (Å²) in [6, 6.07) is 49.8. The standard InChI is InChI=1S/C30H25N2O.C25H25N2.Ir/c1-18-17-31-29(32-25(18)16-30(2,3)4)24-11-7-10-22-23-15-14-20-13-12-19-8-5-6-9-21(19)26(20)28(23)33-27(22)24;1-17(2)20-13-10-14-21(18(3)4)24(20)27-23-16-9-8-15-22(23)26-25(27)19-11-6-5-7-12-19;/h5-10,12-15,17H,16H2,1-4H3;5-11,13-18H,1-4H3;/q2*-1;/i1D3,16D2;;. The molecule has 0 aliphatic heterocycles. The molecular weight excluding hydrogens is 925 g/mol. The van der Waals surface area contributed by atoms with E-state index >= 15 is 0 Å². The number of fused-ring (bicyclic) bond motifs is 8. The van der Waals surface area contributed by atoms with E-state index in [1.807, 2.05) is 42.5 Å². The second kappa shape index (κ2) is 16.8. The third kappa shape index (κ3) is 7.91. The fourth-order valence-corrected chi connectivity index (χ4v) is 8.14. The van der Waals surface area contributed by atoms with Crippen LogP contribution in [-0.4, -0.2) is 19.5 Å². The van der Waals surface area contributed by atoms with Crippen molar-refractivity contribution in [1.82, 2.24) is 19.5 Å². The summed E-state index contributed by atoms with van der Waals surface area (Å²) in [6.07, 6.45) is -0.822. The quantitative estimate of drug-likeness (QED) is 0.123. The van der Waals surface area contributed by atoms with Gasteiger partial charge in [-0.25, -0.2) is 0 Å². The number of nitrogens with zero attached hydrogens (tertiary/aromatic N) is 4. The van der Waals surface area contributed by atoms with Gasteiger partial charge in [-0.05, 0) is 75.5 Å². The number of furan rings is 1. The van der Waals surface area contributed by atoms with Gasteiger partial charge in [0.2, 0.25) is 0 Å². The van der Waals surface area contributed by atoms with Gasteiger partial charge >= 0.3 is 0 Å². The van der Waals surface area contributed by atoms with Crippen molar-refractivity contribution in [2.75, 3.05) is 0 Å². The molecule has 307 valence electrons. The number of aromatic nitrogens is 4. The predicted octanol–water partition coefficient (Wildman–Crippen LogP) is 14.8. The molecule has 3 heterocycles. The molecule has 0 spiro atoms. The average molecular weight is 980 g/mol. The van der Waals surface area contributed by atoms with Crippen LogP contribution in [0, 0.1) is 24.4 Å². The van der Waals surface area contributed by atoms with Gasteiger partial charge in [0.25, 0.3) is 0 Å². The summed E-state index contributed by atoms with van der Waals surface area (Å²) in [6.45, 7) is 11.6. The Morgan fingerprint density at radius 2 is 1.41 bits per heavy atom. The number of aryl methyl sites for hydroxylation is 1. The average Bonchev–Trinajstić information content (AvgIpc) is 3.87. The Bertz CT molecular complexity index is 3380. The summed E-state index contributed by atoms with van der Waals surface area (Å²) < 4.78 is 50.4. The van der Waals surface area contributed by atoms with Gasteiger partial charge in [0.05, 0.1) is 28.3 Å². The van der Waals surface area contributed by atoms with Crippen molar-refractivity contribution in [1.29, 1.82) is 0 Å². The first kappa shape index (κ1) is 35.8. The molecule has 1 radical (unpaired) electrons. The summed E-state index contributed by atoms with van der Waals surface area (Å²) >= 11 is 0. The van der Waals surface area contributed by atoms with E-state index in [9.17, 15) is 0 Å². The van der Waals surface area contributed by atoms with Crippen molar-refractivity contribution in [2.24, 2.45) is 5.41 Å². The largest absolute Gasteiger partial charge is 0.500 e. The van der Waals surface area contributed by atoms with E-state index in [1.54, 1.807) is 26.8 Å². The Kier molecular flexibility index (Phi) is 9.88. The van der Waals surface area contributed by atoms with Gasteiger partial charge in [0.1, 0.15) is 5.58 Å². The zero-order chi connectivity index (χ0) is 46.0. The molecule has 0 saturated carbocycles. The SMILES string of the molecule is CC(C)c1cccc(C(C)C)c1-n1c(-c2[c-]cccc2)nc2ccccc21.[2H]C([2H])([2H])c1cnc(-c2[c-]ccc3c2oc2c3ccc3ccc4ccccc4c32)nc1C([2H])([2H])C(C)(C)C.[Ir]. The first-order chi connectivity index (χ1) is 31.0. The van der Waals surface area contributed by atoms with Crippen LogP contribution in [-0.2, 0) is 26.5 Å². The van der Waals surface area contributed by atoms with Gasteiger partial charge in [0.15, 0.2) is 0 Å². The first-order valence-corrected chi connectivity index (χ1v) is 20.6. The fourth-order valence-electron chi connectivity index (χ4n) is 8.14. The van der Waals surface area contributed by atoms with Crippen LogP contribution in [0.15, 0.2) is 138 Å². The smallest absolute Gasteiger partial charge is 0.129 e. The maximum Gasteiger partial charge on any atom is 0.129 e. The molecule has 61 heavy (non-hydrogen) atoms.